The first-order valence-corrected chi connectivity index (χ1v) is 10.4. The predicted molar refractivity (Wildman–Crippen MR) is 111 cm³/mol. The van der Waals surface area contributed by atoms with Crippen molar-refractivity contribution in [2.24, 2.45) is 0 Å². The lowest BCUT2D eigenvalue weighted by Gasteiger charge is -2.29. The lowest BCUT2D eigenvalue weighted by atomic mass is 10.0. The van der Waals surface area contributed by atoms with Crippen LogP contribution in [0.5, 0.6) is 0 Å². The quantitative estimate of drug-likeness (QED) is 0.593. The Labute approximate surface area is 170 Å². The van der Waals surface area contributed by atoms with Crippen LogP contribution in [0, 0.1) is 0 Å². The van der Waals surface area contributed by atoms with Crippen LogP contribution >= 0.6 is 12.2 Å². The van der Waals surface area contributed by atoms with Gasteiger partial charge in [-0.05, 0) is 56.2 Å². The highest BCUT2D eigenvalue weighted by Crippen LogP contribution is 2.41. The third-order valence-electron chi connectivity index (χ3n) is 5.64. The van der Waals surface area contributed by atoms with Crippen molar-refractivity contribution in [3.05, 3.63) is 54.1 Å². The number of carbonyl (C=O) groups excluding carboxylic acids is 1. The van der Waals surface area contributed by atoms with Crippen LogP contribution in [0.15, 0.2) is 42.7 Å². The van der Waals surface area contributed by atoms with Gasteiger partial charge in [-0.2, -0.15) is 0 Å². The molecule has 1 N–H and O–H groups in total. The van der Waals surface area contributed by atoms with Gasteiger partial charge in [0.25, 0.3) is 0 Å². The molecule has 2 aliphatic rings. The Morgan fingerprint density at radius 3 is 2.82 bits per heavy atom. The number of hydrogen-bond donors (Lipinski definition) is 1. The molecule has 4 rings (SSSR count). The van der Waals surface area contributed by atoms with E-state index in [1.54, 1.807) is 6.20 Å². The number of ether oxygens (including phenoxy) is 1. The summed E-state index contributed by atoms with van der Waals surface area (Å²) in [4.78, 5) is 18.8. The highest BCUT2D eigenvalue weighted by Gasteiger charge is 2.42. The fourth-order valence-electron chi connectivity index (χ4n) is 4.42. The number of rotatable bonds is 6. The molecule has 0 unspecified atom stereocenters. The molecule has 2 aromatic heterocycles. The third kappa shape index (κ3) is 3.63. The van der Waals surface area contributed by atoms with Gasteiger partial charge in [0.15, 0.2) is 5.11 Å². The zero-order valence-corrected chi connectivity index (χ0v) is 16.9. The Bertz CT molecular complexity index is 832. The number of carbonyl (C=O) groups is 1. The topological polar surface area (TPSA) is 59.4 Å². The second-order valence-corrected chi connectivity index (χ2v) is 7.72. The normalized spacial score (nSPS) is 22.5. The highest BCUT2D eigenvalue weighted by atomic mass is 32.1. The van der Waals surface area contributed by atoms with E-state index >= 15 is 0 Å². The largest absolute Gasteiger partial charge is 0.465 e. The van der Waals surface area contributed by atoms with E-state index in [9.17, 15) is 4.79 Å². The number of aromatic nitrogens is 2. The minimum Gasteiger partial charge on any atom is -0.465 e. The van der Waals surface area contributed by atoms with Gasteiger partial charge in [-0.15, -0.1) is 0 Å². The molecule has 2 fully saturated rings. The van der Waals surface area contributed by atoms with Gasteiger partial charge in [0, 0.05) is 24.1 Å². The number of nitrogens with one attached hydrogen (secondary N) is 1. The van der Waals surface area contributed by atoms with Crippen molar-refractivity contribution in [2.45, 2.75) is 50.7 Å². The van der Waals surface area contributed by atoms with Gasteiger partial charge in [-0.3, -0.25) is 9.78 Å². The molecule has 0 amide bonds. The van der Waals surface area contributed by atoms with Crippen LogP contribution in [0.25, 0.3) is 0 Å². The van der Waals surface area contributed by atoms with Gasteiger partial charge in [0.05, 0.1) is 24.4 Å². The molecule has 1 saturated carbocycles. The number of esters is 1. The lowest BCUT2D eigenvalue weighted by molar-refractivity contribution is -0.143. The van der Waals surface area contributed by atoms with Crippen molar-refractivity contribution in [1.82, 2.24) is 19.8 Å². The number of pyridine rings is 1. The smallest absolute Gasteiger partial charge is 0.325 e. The maximum absolute atomic E-state index is 12.3. The van der Waals surface area contributed by atoms with Gasteiger partial charge in [-0.1, -0.05) is 18.9 Å². The van der Waals surface area contributed by atoms with E-state index in [2.05, 4.69) is 33.2 Å². The standard InChI is InChI=1S/C21H26N4O2S/c1-2-27-18(26)14-25-20(17-11-7-13-24(17)15-8-3-4-9-15)19(23-21(25)28)16-10-5-6-12-22-16/h5-7,10-13,15,19-20H,2-4,8-9,14H2,1H3,(H,23,28)/t19-,20+/m0/s1. The Morgan fingerprint density at radius 1 is 1.29 bits per heavy atom. The zero-order chi connectivity index (χ0) is 19.5. The van der Waals surface area contributed by atoms with E-state index < -0.39 is 0 Å². The third-order valence-corrected chi connectivity index (χ3v) is 5.99. The van der Waals surface area contributed by atoms with Gasteiger partial charge in [0.2, 0.25) is 0 Å². The molecule has 148 valence electrons. The zero-order valence-electron chi connectivity index (χ0n) is 16.1. The Kier molecular flexibility index (Phi) is 5.62. The Balaban J connectivity index is 1.72. The first kappa shape index (κ1) is 18.9. The molecule has 6 nitrogen and oxygen atoms in total. The van der Waals surface area contributed by atoms with Crippen LogP contribution in [-0.2, 0) is 9.53 Å². The summed E-state index contributed by atoms with van der Waals surface area (Å²) in [7, 11) is 0. The molecule has 28 heavy (non-hydrogen) atoms. The molecular weight excluding hydrogens is 372 g/mol. The fraction of sp³-hybridized carbons (Fsp3) is 0.476. The monoisotopic (exact) mass is 398 g/mol. The molecular formula is C21H26N4O2S. The van der Waals surface area contributed by atoms with E-state index in [4.69, 9.17) is 17.0 Å². The summed E-state index contributed by atoms with van der Waals surface area (Å²) in [6, 6.07) is 10.4. The van der Waals surface area contributed by atoms with Crippen LogP contribution in [-0.4, -0.2) is 38.7 Å². The molecule has 3 heterocycles. The lowest BCUT2D eigenvalue weighted by Crippen LogP contribution is -2.36. The molecule has 0 spiro atoms. The van der Waals surface area contributed by atoms with Crippen molar-refractivity contribution in [3.8, 4) is 0 Å². The van der Waals surface area contributed by atoms with Crippen molar-refractivity contribution in [2.75, 3.05) is 13.2 Å². The molecule has 0 radical (unpaired) electrons. The molecule has 2 atom stereocenters. The first-order chi connectivity index (χ1) is 13.7. The molecule has 2 aromatic rings. The SMILES string of the molecule is CCOC(=O)CN1C(=S)N[C@@H](c2ccccn2)[C@H]1c1cccn1C1CCCC1. The van der Waals surface area contributed by atoms with E-state index in [0.29, 0.717) is 17.8 Å². The second-order valence-electron chi connectivity index (χ2n) is 7.34. The molecule has 0 aromatic carbocycles. The molecule has 0 bridgehead atoms. The van der Waals surface area contributed by atoms with Gasteiger partial charge >= 0.3 is 5.97 Å². The summed E-state index contributed by atoms with van der Waals surface area (Å²) < 4.78 is 7.57. The molecule has 7 heteroatoms. The average Bonchev–Trinajstić information content (AvgIpc) is 3.43. The van der Waals surface area contributed by atoms with E-state index in [1.165, 1.54) is 31.4 Å². The summed E-state index contributed by atoms with van der Waals surface area (Å²) in [5, 5.41) is 3.96. The summed E-state index contributed by atoms with van der Waals surface area (Å²) in [6.07, 6.45) is 8.86. The number of nitrogens with zero attached hydrogens (tertiary/aromatic N) is 3. The van der Waals surface area contributed by atoms with Gasteiger partial charge in [0.1, 0.15) is 6.54 Å². The number of hydrogen-bond acceptors (Lipinski definition) is 4. The van der Waals surface area contributed by atoms with Crippen LogP contribution in [0.2, 0.25) is 0 Å². The number of thiocarbonyl (C=S) groups is 1. The molecule has 1 aliphatic carbocycles. The summed E-state index contributed by atoms with van der Waals surface area (Å²) in [6.45, 7) is 2.31. The van der Waals surface area contributed by atoms with Gasteiger partial charge in [-0.25, -0.2) is 0 Å². The van der Waals surface area contributed by atoms with Gasteiger partial charge < -0.3 is 19.5 Å². The van der Waals surface area contributed by atoms with Crippen molar-refractivity contribution >= 4 is 23.3 Å². The van der Waals surface area contributed by atoms with E-state index in [-0.39, 0.29) is 24.6 Å². The van der Waals surface area contributed by atoms with Crippen molar-refractivity contribution < 1.29 is 9.53 Å². The maximum Gasteiger partial charge on any atom is 0.325 e. The minimum atomic E-state index is -0.266. The van der Waals surface area contributed by atoms with Crippen molar-refractivity contribution in [1.29, 1.82) is 0 Å². The second kappa shape index (κ2) is 8.31. The van der Waals surface area contributed by atoms with E-state index in [0.717, 1.165) is 5.69 Å². The average molecular weight is 399 g/mol. The minimum absolute atomic E-state index is 0.109. The Morgan fingerprint density at radius 2 is 2.11 bits per heavy atom. The Hall–Kier alpha value is -2.41. The van der Waals surface area contributed by atoms with Crippen LogP contribution in [0.1, 0.15) is 62.1 Å². The maximum atomic E-state index is 12.3. The fourth-order valence-corrected chi connectivity index (χ4v) is 4.72. The summed E-state index contributed by atoms with van der Waals surface area (Å²) in [5.74, 6) is -0.266. The van der Waals surface area contributed by atoms with Crippen molar-refractivity contribution in [3.63, 3.8) is 0 Å². The first-order valence-electron chi connectivity index (χ1n) is 9.99. The molecule has 1 saturated heterocycles. The summed E-state index contributed by atoms with van der Waals surface area (Å²) >= 11 is 5.62. The van der Waals surface area contributed by atoms with Crippen LogP contribution in [0.3, 0.4) is 0 Å². The summed E-state index contributed by atoms with van der Waals surface area (Å²) in [5.41, 5.74) is 2.08. The van der Waals surface area contributed by atoms with Crippen LogP contribution < -0.4 is 5.32 Å². The van der Waals surface area contributed by atoms with E-state index in [1.807, 2.05) is 30.0 Å². The molecule has 1 aliphatic heterocycles. The highest BCUT2D eigenvalue weighted by molar-refractivity contribution is 7.80. The predicted octanol–water partition coefficient (Wildman–Crippen LogP) is 3.53. The van der Waals surface area contributed by atoms with Crippen LogP contribution in [0.4, 0.5) is 0 Å².